The third kappa shape index (κ3) is 3.27. The van der Waals surface area contributed by atoms with Crippen LogP contribution in [0.25, 0.3) is 11.4 Å². The molecule has 0 bridgehead atoms. The largest absolute Gasteiger partial charge is 0.480 e. The quantitative estimate of drug-likeness (QED) is 0.795. The van der Waals surface area contributed by atoms with Crippen molar-refractivity contribution in [3.63, 3.8) is 0 Å². The van der Waals surface area contributed by atoms with Gasteiger partial charge in [-0.2, -0.15) is 4.80 Å². The molecule has 1 amide bonds. The predicted molar refractivity (Wildman–Crippen MR) is 75.5 cm³/mol. The number of carboxylic acids is 1. The molecule has 0 saturated heterocycles. The summed E-state index contributed by atoms with van der Waals surface area (Å²) in [6, 6.07) is 8.45. The zero-order chi connectivity index (χ0) is 15.5. The topological polar surface area (TPSA) is 110 Å². The van der Waals surface area contributed by atoms with Gasteiger partial charge in [0.1, 0.15) is 12.6 Å². The fraction of sp³-hybridized carbons (Fsp3) is 0.357. The standard InChI is InChI=1S/C14H15N5O3/c20-11(15-12(14(21)22)9-6-7-9)8-19-17-13(16-18-19)10-4-2-1-3-5-10/h1-5,9,12H,6-8H2,(H,15,20)(H,21,22). The normalized spacial score (nSPS) is 15.3. The van der Waals surface area contributed by atoms with Crippen molar-refractivity contribution in [1.82, 2.24) is 25.5 Å². The van der Waals surface area contributed by atoms with E-state index in [9.17, 15) is 9.59 Å². The summed E-state index contributed by atoms with van der Waals surface area (Å²) in [5.41, 5.74) is 0.801. The van der Waals surface area contributed by atoms with Gasteiger partial charge < -0.3 is 10.4 Å². The summed E-state index contributed by atoms with van der Waals surface area (Å²) in [5.74, 6) is -0.987. The van der Waals surface area contributed by atoms with E-state index in [-0.39, 0.29) is 12.5 Å². The summed E-state index contributed by atoms with van der Waals surface area (Å²) in [7, 11) is 0. The minimum absolute atomic E-state index is 0.0324. The van der Waals surface area contributed by atoms with Crippen LogP contribution in [0.3, 0.4) is 0 Å². The summed E-state index contributed by atoms with van der Waals surface area (Å²) < 4.78 is 0. The molecule has 114 valence electrons. The van der Waals surface area contributed by atoms with Gasteiger partial charge in [-0.05, 0) is 24.0 Å². The number of benzene rings is 1. The van der Waals surface area contributed by atoms with Crippen LogP contribution in [0.4, 0.5) is 0 Å². The molecule has 8 heteroatoms. The van der Waals surface area contributed by atoms with Crippen molar-refractivity contribution in [2.24, 2.45) is 5.92 Å². The van der Waals surface area contributed by atoms with Crippen molar-refractivity contribution in [3.05, 3.63) is 30.3 Å². The zero-order valence-electron chi connectivity index (χ0n) is 11.7. The van der Waals surface area contributed by atoms with Gasteiger partial charge in [-0.3, -0.25) is 4.79 Å². The van der Waals surface area contributed by atoms with Gasteiger partial charge in [0.15, 0.2) is 0 Å². The lowest BCUT2D eigenvalue weighted by Crippen LogP contribution is -2.43. The van der Waals surface area contributed by atoms with E-state index in [4.69, 9.17) is 5.11 Å². The molecule has 1 aromatic carbocycles. The summed E-state index contributed by atoms with van der Waals surface area (Å²) >= 11 is 0. The number of carbonyl (C=O) groups excluding carboxylic acids is 1. The average Bonchev–Trinajstić information content (AvgIpc) is 3.24. The number of aromatic nitrogens is 4. The van der Waals surface area contributed by atoms with Crippen LogP contribution in [0.5, 0.6) is 0 Å². The highest BCUT2D eigenvalue weighted by atomic mass is 16.4. The SMILES string of the molecule is O=C(Cn1nnc(-c2ccccc2)n1)NC(C(=O)O)C1CC1. The molecule has 22 heavy (non-hydrogen) atoms. The highest BCUT2D eigenvalue weighted by Gasteiger charge is 2.37. The number of nitrogens with one attached hydrogen (secondary N) is 1. The number of rotatable bonds is 6. The number of carbonyl (C=O) groups is 2. The Balaban J connectivity index is 1.62. The number of nitrogens with zero attached hydrogens (tertiary/aromatic N) is 4. The molecule has 1 aliphatic carbocycles. The molecular weight excluding hydrogens is 286 g/mol. The first-order valence-electron chi connectivity index (χ1n) is 6.99. The minimum atomic E-state index is -1.01. The van der Waals surface area contributed by atoms with Gasteiger partial charge in [0.05, 0.1) is 0 Å². The predicted octanol–water partition coefficient (Wildman–Crippen LogP) is 0.319. The molecule has 1 saturated carbocycles. The second-order valence-corrected chi connectivity index (χ2v) is 5.23. The van der Waals surface area contributed by atoms with E-state index in [0.29, 0.717) is 5.82 Å². The number of hydrogen-bond acceptors (Lipinski definition) is 5. The van der Waals surface area contributed by atoms with Crippen LogP contribution in [0.2, 0.25) is 0 Å². The molecule has 0 spiro atoms. The third-order valence-corrected chi connectivity index (χ3v) is 3.45. The summed E-state index contributed by atoms with van der Waals surface area (Å²) in [5, 5.41) is 23.4. The Bertz CT molecular complexity index is 681. The van der Waals surface area contributed by atoms with Crippen molar-refractivity contribution in [1.29, 1.82) is 0 Å². The number of aliphatic carboxylic acids is 1. The smallest absolute Gasteiger partial charge is 0.326 e. The van der Waals surface area contributed by atoms with Gasteiger partial charge in [0.2, 0.25) is 11.7 Å². The van der Waals surface area contributed by atoms with Crippen LogP contribution < -0.4 is 5.32 Å². The molecule has 1 aliphatic rings. The van der Waals surface area contributed by atoms with E-state index >= 15 is 0 Å². The fourth-order valence-corrected chi connectivity index (χ4v) is 2.17. The van der Waals surface area contributed by atoms with Crippen molar-refractivity contribution in [3.8, 4) is 11.4 Å². The Kier molecular flexibility index (Phi) is 3.82. The summed E-state index contributed by atoms with van der Waals surface area (Å²) in [6.45, 7) is -0.156. The van der Waals surface area contributed by atoms with Gasteiger partial charge >= 0.3 is 5.97 Å². The van der Waals surface area contributed by atoms with Crippen molar-refractivity contribution in [2.75, 3.05) is 0 Å². The van der Waals surface area contributed by atoms with Crippen LogP contribution in [0.15, 0.2) is 30.3 Å². The Morgan fingerprint density at radius 2 is 2.05 bits per heavy atom. The van der Waals surface area contributed by atoms with Crippen molar-refractivity contribution < 1.29 is 14.7 Å². The lowest BCUT2D eigenvalue weighted by molar-refractivity contribution is -0.142. The Labute approximate surface area is 126 Å². The first-order chi connectivity index (χ1) is 10.6. The molecule has 0 radical (unpaired) electrons. The monoisotopic (exact) mass is 301 g/mol. The van der Waals surface area contributed by atoms with Gasteiger partial charge in [-0.25, -0.2) is 4.79 Å². The maximum atomic E-state index is 11.9. The molecule has 1 unspecified atom stereocenters. The van der Waals surface area contributed by atoms with Crippen molar-refractivity contribution in [2.45, 2.75) is 25.4 Å². The second-order valence-electron chi connectivity index (χ2n) is 5.23. The minimum Gasteiger partial charge on any atom is -0.480 e. The highest BCUT2D eigenvalue weighted by molar-refractivity contribution is 5.83. The Morgan fingerprint density at radius 1 is 1.32 bits per heavy atom. The highest BCUT2D eigenvalue weighted by Crippen LogP contribution is 2.32. The van der Waals surface area contributed by atoms with E-state index < -0.39 is 17.9 Å². The van der Waals surface area contributed by atoms with Crippen LogP contribution >= 0.6 is 0 Å². The number of tetrazole rings is 1. The molecule has 3 rings (SSSR count). The van der Waals surface area contributed by atoms with Gasteiger partial charge in [-0.1, -0.05) is 30.3 Å². The number of hydrogen-bond donors (Lipinski definition) is 2. The van der Waals surface area contributed by atoms with E-state index in [0.717, 1.165) is 23.2 Å². The fourth-order valence-electron chi connectivity index (χ4n) is 2.17. The molecule has 0 aliphatic heterocycles. The first-order valence-corrected chi connectivity index (χ1v) is 6.99. The molecule has 2 aromatic rings. The second kappa shape index (κ2) is 5.92. The van der Waals surface area contributed by atoms with E-state index in [1.807, 2.05) is 30.3 Å². The van der Waals surface area contributed by atoms with E-state index in [1.54, 1.807) is 0 Å². The van der Waals surface area contributed by atoms with Crippen LogP contribution in [-0.4, -0.2) is 43.2 Å². The average molecular weight is 301 g/mol. The van der Waals surface area contributed by atoms with Crippen LogP contribution in [0, 0.1) is 5.92 Å². The van der Waals surface area contributed by atoms with Crippen LogP contribution in [-0.2, 0) is 16.1 Å². The number of carboxylic acid groups (broad SMARTS) is 1. The van der Waals surface area contributed by atoms with E-state index in [1.165, 1.54) is 0 Å². The molecule has 1 aromatic heterocycles. The molecular formula is C14H15N5O3. The molecule has 2 N–H and O–H groups in total. The summed E-state index contributed by atoms with van der Waals surface area (Å²) in [6.07, 6.45) is 1.66. The maximum absolute atomic E-state index is 11.9. The van der Waals surface area contributed by atoms with Gasteiger partial charge in [-0.15, -0.1) is 10.2 Å². The number of amides is 1. The zero-order valence-corrected chi connectivity index (χ0v) is 11.7. The van der Waals surface area contributed by atoms with Crippen molar-refractivity contribution >= 4 is 11.9 Å². The molecule has 1 atom stereocenters. The molecule has 1 fully saturated rings. The molecule has 8 nitrogen and oxygen atoms in total. The summed E-state index contributed by atoms with van der Waals surface area (Å²) in [4.78, 5) is 24.2. The van der Waals surface area contributed by atoms with Gasteiger partial charge in [0.25, 0.3) is 0 Å². The maximum Gasteiger partial charge on any atom is 0.326 e. The molecule has 1 heterocycles. The Morgan fingerprint density at radius 3 is 2.68 bits per heavy atom. The lowest BCUT2D eigenvalue weighted by Gasteiger charge is -2.12. The van der Waals surface area contributed by atoms with Gasteiger partial charge in [0, 0.05) is 5.56 Å². The lowest BCUT2D eigenvalue weighted by atomic mass is 10.2. The Hall–Kier alpha value is -2.77. The van der Waals surface area contributed by atoms with Crippen LogP contribution in [0.1, 0.15) is 12.8 Å². The third-order valence-electron chi connectivity index (χ3n) is 3.45. The van der Waals surface area contributed by atoms with E-state index in [2.05, 4.69) is 20.7 Å². The first kappa shape index (κ1) is 14.2.